The summed E-state index contributed by atoms with van der Waals surface area (Å²) >= 11 is 3.23. The van der Waals surface area contributed by atoms with Crippen molar-refractivity contribution >= 4 is 21.6 Å². The van der Waals surface area contributed by atoms with E-state index in [0.29, 0.717) is 16.4 Å². The van der Waals surface area contributed by atoms with Gasteiger partial charge in [-0.1, -0.05) is 33.1 Å². The van der Waals surface area contributed by atoms with Gasteiger partial charge < -0.3 is 4.90 Å². The first-order valence-corrected chi connectivity index (χ1v) is 8.09. The first-order valence-electron chi connectivity index (χ1n) is 7.29. The zero-order valence-corrected chi connectivity index (χ0v) is 13.4. The molecule has 0 bridgehead atoms. The normalized spacial score (nSPS) is 16.9. The molecule has 1 aliphatic rings. The third-order valence-corrected chi connectivity index (χ3v) is 4.46. The molecule has 2 rings (SSSR count). The molecule has 1 fully saturated rings. The molecule has 0 N–H and O–H groups in total. The van der Waals surface area contributed by atoms with E-state index in [1.54, 1.807) is 6.07 Å². The number of halogens is 2. The van der Waals surface area contributed by atoms with Gasteiger partial charge in [-0.3, -0.25) is 0 Å². The lowest BCUT2D eigenvalue weighted by Gasteiger charge is -2.37. The van der Waals surface area contributed by atoms with Crippen molar-refractivity contribution in [3.63, 3.8) is 0 Å². The van der Waals surface area contributed by atoms with E-state index in [9.17, 15) is 4.39 Å². The van der Waals surface area contributed by atoms with Crippen LogP contribution in [0, 0.1) is 11.7 Å². The van der Waals surface area contributed by atoms with Crippen molar-refractivity contribution < 1.29 is 4.39 Å². The zero-order chi connectivity index (χ0) is 13.8. The standard InChI is InChI=1S/C16H23BrFN/c1-12(2)11-19(13-6-4-3-5-7-13)14-8-9-15(17)16(18)10-14/h8-10,12-13H,3-7,11H2,1-2H3. The lowest BCUT2D eigenvalue weighted by atomic mass is 9.93. The largest absolute Gasteiger partial charge is 0.368 e. The van der Waals surface area contributed by atoms with Crippen LogP contribution in [0.25, 0.3) is 0 Å². The number of hydrogen-bond acceptors (Lipinski definition) is 1. The molecule has 19 heavy (non-hydrogen) atoms. The van der Waals surface area contributed by atoms with Gasteiger partial charge in [-0.25, -0.2) is 4.39 Å². The molecular weight excluding hydrogens is 305 g/mol. The Morgan fingerprint density at radius 1 is 1.26 bits per heavy atom. The van der Waals surface area contributed by atoms with Gasteiger partial charge in [0.25, 0.3) is 0 Å². The van der Waals surface area contributed by atoms with E-state index in [1.807, 2.05) is 12.1 Å². The van der Waals surface area contributed by atoms with E-state index in [0.717, 1.165) is 12.2 Å². The summed E-state index contributed by atoms with van der Waals surface area (Å²) in [5.41, 5.74) is 1.03. The minimum atomic E-state index is -0.165. The molecule has 0 radical (unpaired) electrons. The Kier molecular flexibility index (Phi) is 5.26. The number of anilines is 1. The van der Waals surface area contributed by atoms with Gasteiger partial charge in [0.1, 0.15) is 5.82 Å². The van der Waals surface area contributed by atoms with Crippen LogP contribution >= 0.6 is 15.9 Å². The van der Waals surface area contributed by atoms with Crippen molar-refractivity contribution in [3.05, 3.63) is 28.5 Å². The molecule has 3 heteroatoms. The highest BCUT2D eigenvalue weighted by Gasteiger charge is 2.22. The highest BCUT2D eigenvalue weighted by molar-refractivity contribution is 9.10. The van der Waals surface area contributed by atoms with Crippen LogP contribution in [-0.2, 0) is 0 Å². The van der Waals surface area contributed by atoms with Gasteiger partial charge in [0.15, 0.2) is 0 Å². The molecule has 0 aliphatic heterocycles. The van der Waals surface area contributed by atoms with Crippen LogP contribution in [0.5, 0.6) is 0 Å². The van der Waals surface area contributed by atoms with Gasteiger partial charge in [0.2, 0.25) is 0 Å². The summed E-state index contributed by atoms with van der Waals surface area (Å²) in [6.45, 7) is 5.46. The van der Waals surface area contributed by atoms with Crippen LogP contribution in [0.15, 0.2) is 22.7 Å². The molecule has 0 saturated heterocycles. The maximum Gasteiger partial charge on any atom is 0.139 e. The van der Waals surface area contributed by atoms with Crippen LogP contribution < -0.4 is 4.90 Å². The predicted octanol–water partition coefficient (Wildman–Crippen LogP) is 5.38. The fourth-order valence-electron chi connectivity index (χ4n) is 2.92. The van der Waals surface area contributed by atoms with E-state index >= 15 is 0 Å². The Labute approximate surface area is 124 Å². The minimum absolute atomic E-state index is 0.165. The maximum absolute atomic E-state index is 13.8. The Hall–Kier alpha value is -0.570. The summed E-state index contributed by atoms with van der Waals surface area (Å²) in [5, 5.41) is 0. The van der Waals surface area contributed by atoms with Gasteiger partial charge in [-0.15, -0.1) is 0 Å². The second-order valence-electron chi connectivity index (χ2n) is 5.94. The molecular formula is C16H23BrFN. The maximum atomic E-state index is 13.8. The van der Waals surface area contributed by atoms with Crippen LogP contribution in [0.2, 0.25) is 0 Å². The summed E-state index contributed by atoms with van der Waals surface area (Å²) < 4.78 is 14.3. The molecule has 0 unspecified atom stereocenters. The predicted molar refractivity (Wildman–Crippen MR) is 83.2 cm³/mol. The second-order valence-corrected chi connectivity index (χ2v) is 6.79. The molecule has 1 nitrogen and oxygen atoms in total. The number of hydrogen-bond donors (Lipinski definition) is 0. The third-order valence-electron chi connectivity index (χ3n) is 3.81. The average Bonchev–Trinajstić information content (AvgIpc) is 2.40. The number of benzene rings is 1. The Morgan fingerprint density at radius 2 is 1.95 bits per heavy atom. The first kappa shape index (κ1) is 14.8. The van der Waals surface area contributed by atoms with Crippen molar-refractivity contribution in [1.82, 2.24) is 0 Å². The lowest BCUT2D eigenvalue weighted by Crippen LogP contribution is -2.39. The summed E-state index contributed by atoms with van der Waals surface area (Å²) in [6.07, 6.45) is 6.44. The van der Waals surface area contributed by atoms with Crippen LogP contribution in [0.1, 0.15) is 46.0 Å². The monoisotopic (exact) mass is 327 g/mol. The van der Waals surface area contributed by atoms with Crippen LogP contribution in [0.4, 0.5) is 10.1 Å². The highest BCUT2D eigenvalue weighted by Crippen LogP contribution is 2.30. The van der Waals surface area contributed by atoms with E-state index in [2.05, 4.69) is 34.7 Å². The Bertz CT molecular complexity index is 413. The van der Waals surface area contributed by atoms with E-state index < -0.39 is 0 Å². The molecule has 106 valence electrons. The smallest absolute Gasteiger partial charge is 0.139 e. The Balaban J connectivity index is 2.22. The third kappa shape index (κ3) is 3.95. The summed E-state index contributed by atoms with van der Waals surface area (Å²) in [5.74, 6) is 0.427. The molecule has 1 aromatic carbocycles. The quantitative estimate of drug-likeness (QED) is 0.717. The second kappa shape index (κ2) is 6.74. The van der Waals surface area contributed by atoms with Crippen LogP contribution in [-0.4, -0.2) is 12.6 Å². The van der Waals surface area contributed by atoms with E-state index in [-0.39, 0.29) is 5.82 Å². The molecule has 0 heterocycles. The van der Waals surface area contributed by atoms with Crippen LogP contribution in [0.3, 0.4) is 0 Å². The highest BCUT2D eigenvalue weighted by atomic mass is 79.9. The van der Waals surface area contributed by atoms with Gasteiger partial charge in [0.05, 0.1) is 4.47 Å². The lowest BCUT2D eigenvalue weighted by molar-refractivity contribution is 0.401. The SMILES string of the molecule is CC(C)CN(c1ccc(Br)c(F)c1)C1CCCCC1. The van der Waals surface area contributed by atoms with Crippen molar-refractivity contribution in [1.29, 1.82) is 0 Å². The zero-order valence-electron chi connectivity index (χ0n) is 11.8. The molecule has 0 atom stereocenters. The summed E-state index contributed by atoms with van der Waals surface area (Å²) in [7, 11) is 0. The van der Waals surface area contributed by atoms with Crippen molar-refractivity contribution in [2.75, 3.05) is 11.4 Å². The topological polar surface area (TPSA) is 3.24 Å². The van der Waals surface area contributed by atoms with Gasteiger partial charge in [0, 0.05) is 18.3 Å². The van der Waals surface area contributed by atoms with Gasteiger partial charge in [-0.05, 0) is 52.9 Å². The number of rotatable bonds is 4. The first-order chi connectivity index (χ1) is 9.08. The molecule has 0 spiro atoms. The minimum Gasteiger partial charge on any atom is -0.368 e. The summed E-state index contributed by atoms with van der Waals surface area (Å²) in [6, 6.07) is 6.10. The van der Waals surface area contributed by atoms with Crippen molar-refractivity contribution in [2.24, 2.45) is 5.92 Å². The fraction of sp³-hybridized carbons (Fsp3) is 0.625. The van der Waals surface area contributed by atoms with Crippen molar-refractivity contribution in [3.8, 4) is 0 Å². The van der Waals surface area contributed by atoms with Gasteiger partial charge >= 0.3 is 0 Å². The van der Waals surface area contributed by atoms with Gasteiger partial charge in [-0.2, -0.15) is 0 Å². The Morgan fingerprint density at radius 3 is 2.53 bits per heavy atom. The van der Waals surface area contributed by atoms with E-state index in [1.165, 1.54) is 32.1 Å². The fourth-order valence-corrected chi connectivity index (χ4v) is 3.16. The molecule has 1 aromatic rings. The average molecular weight is 328 g/mol. The summed E-state index contributed by atoms with van der Waals surface area (Å²) in [4.78, 5) is 2.42. The molecule has 1 aliphatic carbocycles. The number of nitrogens with zero attached hydrogens (tertiary/aromatic N) is 1. The molecule has 0 aromatic heterocycles. The van der Waals surface area contributed by atoms with Crippen molar-refractivity contribution in [2.45, 2.75) is 52.0 Å². The molecule has 0 amide bonds. The molecule has 1 saturated carbocycles. The van der Waals surface area contributed by atoms with E-state index in [4.69, 9.17) is 0 Å².